The second-order valence-corrected chi connectivity index (χ2v) is 3.35. The van der Waals surface area contributed by atoms with Crippen LogP contribution in [0.3, 0.4) is 0 Å². The fraction of sp³-hybridized carbons (Fsp3) is 0. The van der Waals surface area contributed by atoms with Crippen molar-refractivity contribution in [2.45, 2.75) is 0 Å². The molecule has 0 radical (unpaired) electrons. The summed E-state index contributed by atoms with van der Waals surface area (Å²) in [5.41, 5.74) is 0. The van der Waals surface area contributed by atoms with Crippen LogP contribution in [-0.2, 0) is 0 Å². The van der Waals surface area contributed by atoms with Gasteiger partial charge in [0.25, 0.3) is 0 Å². The standard InChI is InChI=1S/C5H2ClN3OS/c6-5-7-1-3(11-5)4-8-2-10-9-4/h1-2H. The molecule has 0 saturated carbocycles. The van der Waals surface area contributed by atoms with Gasteiger partial charge in [0.05, 0.1) is 11.1 Å². The molecule has 2 aromatic rings. The molecule has 0 unspecified atom stereocenters. The van der Waals surface area contributed by atoms with E-state index < -0.39 is 0 Å². The first-order valence-electron chi connectivity index (χ1n) is 2.74. The Hall–Kier alpha value is -0.940. The van der Waals surface area contributed by atoms with Gasteiger partial charge in [-0.3, -0.25) is 0 Å². The molecular weight excluding hydrogens is 186 g/mol. The van der Waals surface area contributed by atoms with Gasteiger partial charge in [0.15, 0.2) is 4.47 Å². The average molecular weight is 188 g/mol. The number of rotatable bonds is 1. The molecule has 0 saturated heterocycles. The number of hydrogen-bond donors (Lipinski definition) is 0. The lowest BCUT2D eigenvalue weighted by atomic mass is 10.5. The van der Waals surface area contributed by atoms with Crippen LogP contribution in [0, 0.1) is 0 Å². The van der Waals surface area contributed by atoms with Crippen LogP contribution < -0.4 is 0 Å². The highest BCUT2D eigenvalue weighted by molar-refractivity contribution is 7.18. The number of thiazole rings is 1. The molecule has 0 aliphatic rings. The van der Waals surface area contributed by atoms with Crippen molar-refractivity contribution in [3.63, 3.8) is 0 Å². The lowest BCUT2D eigenvalue weighted by Crippen LogP contribution is -1.71. The topological polar surface area (TPSA) is 51.8 Å². The third kappa shape index (κ3) is 1.24. The van der Waals surface area contributed by atoms with Crippen LogP contribution in [0.15, 0.2) is 17.1 Å². The largest absolute Gasteiger partial charge is 0.342 e. The summed E-state index contributed by atoms with van der Waals surface area (Å²) in [5, 5.41) is 3.63. The van der Waals surface area contributed by atoms with Gasteiger partial charge in [-0.1, -0.05) is 28.1 Å². The zero-order valence-electron chi connectivity index (χ0n) is 5.19. The Morgan fingerprint density at radius 2 is 2.36 bits per heavy atom. The first kappa shape index (κ1) is 6.75. The summed E-state index contributed by atoms with van der Waals surface area (Å²) in [6.45, 7) is 0. The minimum Gasteiger partial charge on any atom is -0.342 e. The molecule has 0 N–H and O–H groups in total. The predicted octanol–water partition coefficient (Wildman–Crippen LogP) is 1.85. The van der Waals surface area contributed by atoms with E-state index in [1.807, 2.05) is 0 Å². The quantitative estimate of drug-likeness (QED) is 0.684. The van der Waals surface area contributed by atoms with Crippen molar-refractivity contribution in [3.05, 3.63) is 17.1 Å². The van der Waals surface area contributed by atoms with Crippen LogP contribution in [0.1, 0.15) is 0 Å². The van der Waals surface area contributed by atoms with E-state index in [-0.39, 0.29) is 0 Å². The monoisotopic (exact) mass is 187 g/mol. The van der Waals surface area contributed by atoms with Gasteiger partial charge in [-0.2, -0.15) is 4.98 Å². The highest BCUT2D eigenvalue weighted by Gasteiger charge is 2.05. The molecule has 4 nitrogen and oxygen atoms in total. The minimum atomic E-state index is 0.477. The molecule has 0 aliphatic heterocycles. The molecule has 2 heterocycles. The molecule has 0 spiro atoms. The molecule has 0 amide bonds. The van der Waals surface area contributed by atoms with Gasteiger partial charge in [-0.25, -0.2) is 4.98 Å². The summed E-state index contributed by atoms with van der Waals surface area (Å²) < 4.78 is 5.03. The molecule has 2 aromatic heterocycles. The molecule has 0 aromatic carbocycles. The average Bonchev–Trinajstić information content (AvgIpc) is 2.55. The summed E-state index contributed by atoms with van der Waals surface area (Å²) in [6.07, 6.45) is 2.88. The summed E-state index contributed by atoms with van der Waals surface area (Å²) in [5.74, 6) is 0.523. The molecule has 6 heteroatoms. The van der Waals surface area contributed by atoms with Crippen molar-refractivity contribution in [3.8, 4) is 10.7 Å². The van der Waals surface area contributed by atoms with Crippen molar-refractivity contribution in [2.24, 2.45) is 0 Å². The van der Waals surface area contributed by atoms with Crippen LogP contribution in [-0.4, -0.2) is 15.1 Å². The SMILES string of the molecule is Clc1ncc(-c2ncon2)s1. The van der Waals surface area contributed by atoms with Gasteiger partial charge < -0.3 is 4.52 Å². The van der Waals surface area contributed by atoms with E-state index in [1.165, 1.54) is 17.7 Å². The van der Waals surface area contributed by atoms with E-state index in [9.17, 15) is 0 Å². The first-order chi connectivity index (χ1) is 5.36. The smallest absolute Gasteiger partial charge is 0.214 e. The van der Waals surface area contributed by atoms with E-state index >= 15 is 0 Å². The van der Waals surface area contributed by atoms with E-state index in [2.05, 4.69) is 19.6 Å². The third-order valence-corrected chi connectivity index (χ3v) is 2.17. The Labute approximate surface area is 70.8 Å². The number of hydrogen-bond acceptors (Lipinski definition) is 5. The highest BCUT2D eigenvalue weighted by Crippen LogP contribution is 2.25. The van der Waals surface area contributed by atoms with Gasteiger partial charge in [0.1, 0.15) is 0 Å². The second kappa shape index (κ2) is 2.60. The predicted molar refractivity (Wildman–Crippen MR) is 40.4 cm³/mol. The van der Waals surface area contributed by atoms with Crippen molar-refractivity contribution >= 4 is 22.9 Å². The Kier molecular flexibility index (Phi) is 1.59. The zero-order valence-corrected chi connectivity index (χ0v) is 6.76. The molecule has 0 fully saturated rings. The summed E-state index contributed by atoms with van der Waals surface area (Å²) in [6, 6.07) is 0. The van der Waals surface area contributed by atoms with Crippen molar-refractivity contribution in [2.75, 3.05) is 0 Å². The molecule has 11 heavy (non-hydrogen) atoms. The van der Waals surface area contributed by atoms with Gasteiger partial charge in [-0.05, 0) is 0 Å². The lowest BCUT2D eigenvalue weighted by molar-refractivity contribution is 0.419. The highest BCUT2D eigenvalue weighted by atomic mass is 35.5. The van der Waals surface area contributed by atoms with Crippen LogP contribution >= 0.6 is 22.9 Å². The fourth-order valence-electron chi connectivity index (χ4n) is 0.635. The maximum absolute atomic E-state index is 5.60. The zero-order chi connectivity index (χ0) is 7.68. The van der Waals surface area contributed by atoms with Crippen LogP contribution in [0.4, 0.5) is 0 Å². The maximum Gasteiger partial charge on any atom is 0.214 e. The molecule has 0 atom stereocenters. The fourth-order valence-corrected chi connectivity index (χ4v) is 1.51. The first-order valence-corrected chi connectivity index (χ1v) is 3.94. The Morgan fingerprint density at radius 1 is 1.45 bits per heavy atom. The lowest BCUT2D eigenvalue weighted by Gasteiger charge is -1.78. The van der Waals surface area contributed by atoms with Crippen molar-refractivity contribution in [1.29, 1.82) is 0 Å². The maximum atomic E-state index is 5.60. The number of aromatic nitrogens is 3. The van der Waals surface area contributed by atoms with Crippen molar-refractivity contribution < 1.29 is 4.52 Å². The van der Waals surface area contributed by atoms with Crippen LogP contribution in [0.2, 0.25) is 4.47 Å². The Balaban J connectivity index is 2.45. The molecular formula is C5H2ClN3OS. The minimum absolute atomic E-state index is 0.477. The molecule has 0 bridgehead atoms. The van der Waals surface area contributed by atoms with Gasteiger partial charge in [-0.15, -0.1) is 0 Å². The second-order valence-electron chi connectivity index (χ2n) is 1.73. The Morgan fingerprint density at radius 3 is 2.91 bits per heavy atom. The van der Waals surface area contributed by atoms with Crippen molar-refractivity contribution in [1.82, 2.24) is 15.1 Å². The molecule has 0 aliphatic carbocycles. The summed E-state index contributed by atoms with van der Waals surface area (Å²) in [4.78, 5) is 8.48. The summed E-state index contributed by atoms with van der Waals surface area (Å²) >= 11 is 6.91. The number of halogens is 1. The third-order valence-electron chi connectivity index (χ3n) is 1.06. The van der Waals surface area contributed by atoms with Gasteiger partial charge >= 0.3 is 0 Å². The van der Waals surface area contributed by atoms with Crippen LogP contribution in [0.25, 0.3) is 10.7 Å². The molecule has 2 rings (SSSR count). The van der Waals surface area contributed by atoms with Gasteiger partial charge in [0, 0.05) is 0 Å². The number of nitrogens with zero attached hydrogens (tertiary/aromatic N) is 3. The molecule has 56 valence electrons. The van der Waals surface area contributed by atoms with E-state index in [0.717, 1.165) is 4.88 Å². The van der Waals surface area contributed by atoms with E-state index in [4.69, 9.17) is 11.6 Å². The Bertz CT molecular complexity index is 344. The van der Waals surface area contributed by atoms with E-state index in [1.54, 1.807) is 6.20 Å². The van der Waals surface area contributed by atoms with Crippen LogP contribution in [0.5, 0.6) is 0 Å². The normalized spacial score (nSPS) is 10.3. The van der Waals surface area contributed by atoms with Gasteiger partial charge in [0.2, 0.25) is 12.2 Å². The summed E-state index contributed by atoms with van der Waals surface area (Å²) in [7, 11) is 0. The van der Waals surface area contributed by atoms with E-state index in [0.29, 0.717) is 10.3 Å².